The summed E-state index contributed by atoms with van der Waals surface area (Å²) in [6.07, 6.45) is 1.99. The molecule has 1 aliphatic rings. The van der Waals surface area contributed by atoms with Gasteiger partial charge in [0.15, 0.2) is 6.04 Å². The molecule has 0 aliphatic heterocycles. The molecule has 2 aromatic heterocycles. The van der Waals surface area contributed by atoms with Gasteiger partial charge in [-0.3, -0.25) is 4.40 Å². The fraction of sp³-hybridized carbons (Fsp3) is 0.364. The Kier molecular flexibility index (Phi) is 6.22. The summed E-state index contributed by atoms with van der Waals surface area (Å²) in [4.78, 5) is 16.7. The summed E-state index contributed by atoms with van der Waals surface area (Å²) >= 11 is 5.45. The van der Waals surface area contributed by atoms with Gasteiger partial charge in [0, 0.05) is 37.8 Å². The normalized spacial score (nSPS) is 18.8. The number of hydrogen-bond donors (Lipinski definition) is 2. The van der Waals surface area contributed by atoms with E-state index in [2.05, 4.69) is 15.6 Å². The molecule has 4 rings (SSSR count). The van der Waals surface area contributed by atoms with E-state index in [0.717, 1.165) is 37.2 Å². The number of fused-ring (bicyclic) bond motifs is 1. The molecule has 9 heteroatoms. The van der Waals surface area contributed by atoms with E-state index in [1.807, 2.05) is 25.2 Å². The number of pyridine rings is 1. The molecule has 1 amide bonds. The Morgan fingerprint density at radius 1 is 1.16 bits per heavy atom. The van der Waals surface area contributed by atoms with Crippen LogP contribution in [0.2, 0.25) is 0 Å². The molecule has 0 saturated heterocycles. The number of rotatable bonds is 6. The van der Waals surface area contributed by atoms with E-state index in [4.69, 9.17) is 12.4 Å². The van der Waals surface area contributed by atoms with E-state index in [1.54, 1.807) is 28.7 Å². The van der Waals surface area contributed by atoms with Crippen molar-refractivity contribution in [3.8, 4) is 0 Å². The van der Waals surface area contributed by atoms with Crippen LogP contribution in [0.15, 0.2) is 48.7 Å². The molecule has 6 nitrogen and oxygen atoms in total. The van der Waals surface area contributed by atoms with Crippen LogP contribution in [0.1, 0.15) is 48.2 Å². The number of aromatic nitrogens is 2. The second kappa shape index (κ2) is 9.05. The van der Waals surface area contributed by atoms with Crippen molar-refractivity contribution in [2.75, 3.05) is 17.7 Å². The number of halogens is 2. The molecular weight excluding hydrogens is 420 g/mol. The molecule has 3 aromatic rings. The first-order valence-electron chi connectivity index (χ1n) is 10.3. The summed E-state index contributed by atoms with van der Waals surface area (Å²) in [7, 11) is 1.83. The highest BCUT2D eigenvalue weighted by Crippen LogP contribution is 2.26. The maximum atomic E-state index is 13.0. The summed E-state index contributed by atoms with van der Waals surface area (Å²) in [5, 5.41) is 6.47. The highest BCUT2D eigenvalue weighted by atomic mass is 32.1. The van der Waals surface area contributed by atoms with Crippen molar-refractivity contribution < 1.29 is 17.5 Å². The number of imidazole rings is 1. The van der Waals surface area contributed by atoms with Gasteiger partial charge in [-0.1, -0.05) is 10.0 Å². The predicted molar refractivity (Wildman–Crippen MR) is 118 cm³/mol. The van der Waals surface area contributed by atoms with Crippen LogP contribution < -0.4 is 10.6 Å². The van der Waals surface area contributed by atoms with E-state index in [9.17, 15) is 13.6 Å². The zero-order chi connectivity index (χ0) is 22.0. The van der Waals surface area contributed by atoms with Gasteiger partial charge in [0.05, 0.1) is 5.56 Å². The van der Waals surface area contributed by atoms with Crippen LogP contribution in [0.5, 0.6) is 0 Å². The predicted octanol–water partition coefficient (Wildman–Crippen LogP) is 4.62. The second-order valence-electron chi connectivity index (χ2n) is 7.71. The standard InChI is InChI=1S/C22H23F2N5OS/c1-25-15-7-5-14(6-8-15)22(30)29(31)17-11-9-16(10-12-17)26-19-3-2-4-20-27-18(21(23)24)13-28(19)20/h2-8,13,16-17,21H,9-12H2,1H3,(H-,25,26,27,30)/p+1/t16-,17+. The minimum Gasteiger partial charge on any atom is -0.388 e. The highest BCUT2D eigenvalue weighted by Gasteiger charge is 2.34. The quantitative estimate of drug-likeness (QED) is 0.544. The maximum absolute atomic E-state index is 13.0. The van der Waals surface area contributed by atoms with Gasteiger partial charge in [0.25, 0.3) is 18.9 Å². The molecule has 0 unspecified atom stereocenters. The first-order valence-corrected chi connectivity index (χ1v) is 10.6. The van der Waals surface area contributed by atoms with Gasteiger partial charge in [0.2, 0.25) is 0 Å². The van der Waals surface area contributed by atoms with E-state index >= 15 is 0 Å². The molecule has 0 bridgehead atoms. The first kappa shape index (κ1) is 21.3. The van der Waals surface area contributed by atoms with E-state index in [0.29, 0.717) is 11.2 Å². The molecule has 0 atom stereocenters. The number of nitrogens with one attached hydrogen (secondary N) is 2. The average Bonchev–Trinajstić information content (AvgIpc) is 3.25. The summed E-state index contributed by atoms with van der Waals surface area (Å²) in [6.45, 7) is 0. The van der Waals surface area contributed by atoms with Crippen molar-refractivity contribution in [2.45, 2.75) is 44.2 Å². The number of carbonyl (C=O) groups is 1. The van der Waals surface area contributed by atoms with Crippen molar-refractivity contribution in [3.05, 3.63) is 59.9 Å². The third-order valence-electron chi connectivity index (χ3n) is 5.74. The molecule has 1 saturated carbocycles. The van der Waals surface area contributed by atoms with E-state index in [1.165, 1.54) is 10.1 Å². The Bertz CT molecular complexity index is 1090. The molecule has 31 heavy (non-hydrogen) atoms. The lowest BCUT2D eigenvalue weighted by molar-refractivity contribution is -0.448. The molecule has 162 valence electrons. The third kappa shape index (κ3) is 4.56. The van der Waals surface area contributed by atoms with Crippen LogP contribution in [0.25, 0.3) is 5.65 Å². The topological polar surface area (TPSA) is 61.4 Å². The number of alkyl halides is 2. The van der Waals surface area contributed by atoms with Crippen LogP contribution in [-0.4, -0.2) is 38.4 Å². The molecule has 0 spiro atoms. The Hall–Kier alpha value is -2.94. The summed E-state index contributed by atoms with van der Waals surface area (Å²) in [5.74, 6) is 0.577. The van der Waals surface area contributed by atoms with Crippen molar-refractivity contribution in [3.63, 3.8) is 0 Å². The Balaban J connectivity index is 1.38. The third-order valence-corrected chi connectivity index (χ3v) is 6.20. The van der Waals surface area contributed by atoms with Crippen LogP contribution in [0.3, 0.4) is 0 Å². The van der Waals surface area contributed by atoms with Crippen molar-refractivity contribution in [1.82, 2.24) is 9.38 Å². The van der Waals surface area contributed by atoms with Crippen molar-refractivity contribution >= 4 is 35.5 Å². The van der Waals surface area contributed by atoms with Crippen LogP contribution >= 0.6 is 0 Å². The number of nitrogens with zero attached hydrogens (tertiary/aromatic N) is 3. The van der Waals surface area contributed by atoms with Gasteiger partial charge in [0.1, 0.15) is 17.2 Å². The van der Waals surface area contributed by atoms with Crippen LogP contribution in [0.4, 0.5) is 20.3 Å². The van der Waals surface area contributed by atoms with Crippen molar-refractivity contribution in [2.24, 2.45) is 0 Å². The van der Waals surface area contributed by atoms with Crippen LogP contribution in [-0.2, 0) is 12.4 Å². The first-order chi connectivity index (χ1) is 15.0. The van der Waals surface area contributed by atoms with Crippen molar-refractivity contribution in [1.29, 1.82) is 0 Å². The van der Waals surface area contributed by atoms with Crippen LogP contribution in [0, 0.1) is 0 Å². The Morgan fingerprint density at radius 3 is 2.52 bits per heavy atom. The SMILES string of the molecule is CNc1ccc(C(=O)[N+](=S)[C@H]2CC[C@@H](Nc3cccc4nc(C(F)F)cn34)CC2)cc1. The second-order valence-corrected chi connectivity index (χ2v) is 8.11. The lowest BCUT2D eigenvalue weighted by atomic mass is 9.91. The Labute approximate surface area is 184 Å². The number of hydrogen-bond acceptors (Lipinski definition) is 5. The van der Waals surface area contributed by atoms with E-state index in [-0.39, 0.29) is 23.7 Å². The minimum absolute atomic E-state index is 0.000926. The minimum atomic E-state index is -2.60. The Morgan fingerprint density at radius 2 is 1.87 bits per heavy atom. The van der Waals surface area contributed by atoms with E-state index < -0.39 is 6.43 Å². The lowest BCUT2D eigenvalue weighted by Gasteiger charge is -2.26. The smallest absolute Gasteiger partial charge is 0.388 e. The monoisotopic (exact) mass is 444 g/mol. The molecule has 1 fully saturated rings. The van der Waals surface area contributed by atoms with Gasteiger partial charge in [-0.05, 0) is 49.2 Å². The fourth-order valence-corrected chi connectivity index (χ4v) is 4.30. The summed E-state index contributed by atoms with van der Waals surface area (Å²) in [6, 6.07) is 12.8. The molecule has 0 radical (unpaired) electrons. The largest absolute Gasteiger partial charge is 0.433 e. The average molecular weight is 445 g/mol. The van der Waals surface area contributed by atoms with Gasteiger partial charge in [-0.2, -0.15) is 0 Å². The van der Waals surface area contributed by atoms with Gasteiger partial charge in [-0.15, -0.1) is 0 Å². The lowest BCUT2D eigenvalue weighted by Crippen LogP contribution is -2.37. The number of carbonyl (C=O) groups excluding carboxylic acids is 1. The fourth-order valence-electron chi connectivity index (χ4n) is 3.99. The van der Waals surface area contributed by atoms with Gasteiger partial charge in [-0.25, -0.2) is 18.6 Å². The number of anilines is 2. The highest BCUT2D eigenvalue weighted by molar-refractivity contribution is 7.44. The molecule has 1 aromatic carbocycles. The maximum Gasteiger partial charge on any atom is 0.433 e. The molecule has 2 heterocycles. The summed E-state index contributed by atoms with van der Waals surface area (Å²) in [5.41, 5.74) is 1.77. The summed E-state index contributed by atoms with van der Waals surface area (Å²) < 4.78 is 29.1. The molecule has 2 N–H and O–H groups in total. The zero-order valence-corrected chi connectivity index (χ0v) is 17.9. The molecular formula is C22H24F2N5OS+. The zero-order valence-electron chi connectivity index (χ0n) is 17.1. The van der Waals surface area contributed by atoms with Gasteiger partial charge >= 0.3 is 5.91 Å². The molecule has 1 aliphatic carbocycles. The number of amides is 1. The van der Waals surface area contributed by atoms with Gasteiger partial charge < -0.3 is 10.6 Å². The number of benzene rings is 1.